The van der Waals surface area contributed by atoms with Crippen molar-refractivity contribution in [1.29, 1.82) is 0 Å². The Labute approximate surface area is 208 Å². The lowest BCUT2D eigenvalue weighted by Gasteiger charge is -2.39. The minimum atomic E-state index is -4.85. The Balaban J connectivity index is 1.57. The van der Waals surface area contributed by atoms with E-state index in [1.54, 1.807) is 4.72 Å². The molecule has 0 aliphatic carbocycles. The fourth-order valence-corrected chi connectivity index (χ4v) is 4.05. The molecule has 2 aromatic carbocycles. The lowest BCUT2D eigenvalue weighted by atomic mass is 10.1. The standard InChI is InChI=1S/C20H19Cl2F4N3O5S/c1-28(2)35(31,32)27-19(30)13-6-15(22)18(7-16(13)23)33-12-9-29(10-12)8-11-3-4-17(14(21)5-11)34-20(24,25)26/h3-7,12H,8-10H2,1-2H3,(H,27,30). The fourth-order valence-electron chi connectivity index (χ4n) is 3.07. The van der Waals surface area contributed by atoms with Crippen LogP contribution in [0.3, 0.4) is 0 Å². The number of halogens is 6. The molecule has 15 heteroatoms. The average Bonchev–Trinajstić information content (AvgIpc) is 2.69. The Bertz CT molecular complexity index is 1220. The summed E-state index contributed by atoms with van der Waals surface area (Å²) >= 11 is 11.9. The number of carbonyl (C=O) groups excluding carboxylic acids is 1. The second-order valence-electron chi connectivity index (χ2n) is 7.73. The van der Waals surface area contributed by atoms with Crippen molar-refractivity contribution in [3.8, 4) is 11.5 Å². The van der Waals surface area contributed by atoms with E-state index in [9.17, 15) is 30.8 Å². The van der Waals surface area contributed by atoms with E-state index in [2.05, 4.69) is 4.74 Å². The van der Waals surface area contributed by atoms with Gasteiger partial charge in [0.25, 0.3) is 5.91 Å². The van der Waals surface area contributed by atoms with Gasteiger partial charge in [0.15, 0.2) is 0 Å². The van der Waals surface area contributed by atoms with E-state index in [1.165, 1.54) is 26.2 Å². The Hall–Kier alpha value is -2.32. The minimum absolute atomic E-state index is 0.0301. The number of ether oxygens (including phenoxy) is 2. The molecular weight excluding hydrogens is 541 g/mol. The van der Waals surface area contributed by atoms with E-state index < -0.39 is 39.6 Å². The number of rotatable bonds is 8. The highest BCUT2D eigenvalue weighted by atomic mass is 35.5. The lowest BCUT2D eigenvalue weighted by molar-refractivity contribution is -0.274. The van der Waals surface area contributed by atoms with Crippen LogP contribution in [0.1, 0.15) is 15.9 Å². The zero-order chi connectivity index (χ0) is 26.1. The van der Waals surface area contributed by atoms with E-state index >= 15 is 0 Å². The summed E-state index contributed by atoms with van der Waals surface area (Å²) in [6.07, 6.45) is -5.22. The van der Waals surface area contributed by atoms with Gasteiger partial charge in [-0.15, -0.1) is 13.2 Å². The zero-order valence-electron chi connectivity index (χ0n) is 18.2. The molecule has 8 nitrogen and oxygen atoms in total. The second kappa shape index (κ2) is 10.3. The zero-order valence-corrected chi connectivity index (χ0v) is 20.5. The van der Waals surface area contributed by atoms with Crippen molar-refractivity contribution in [1.82, 2.24) is 13.9 Å². The van der Waals surface area contributed by atoms with Crippen molar-refractivity contribution in [2.24, 2.45) is 0 Å². The highest BCUT2D eigenvalue weighted by Crippen LogP contribution is 2.33. The quantitative estimate of drug-likeness (QED) is 0.494. The molecule has 1 N–H and O–H groups in total. The van der Waals surface area contributed by atoms with Gasteiger partial charge in [0.1, 0.15) is 23.4 Å². The van der Waals surface area contributed by atoms with Crippen LogP contribution in [0, 0.1) is 5.82 Å². The molecule has 1 aliphatic rings. The van der Waals surface area contributed by atoms with Crippen LogP contribution in [0.25, 0.3) is 0 Å². The van der Waals surface area contributed by atoms with Gasteiger partial charge < -0.3 is 9.47 Å². The average molecular weight is 560 g/mol. The van der Waals surface area contributed by atoms with Crippen LogP contribution in [0.2, 0.25) is 10.0 Å². The molecule has 0 aromatic heterocycles. The van der Waals surface area contributed by atoms with Crippen LogP contribution in [-0.4, -0.2) is 63.2 Å². The number of nitrogens with zero attached hydrogens (tertiary/aromatic N) is 2. The molecule has 0 unspecified atom stereocenters. The Kier molecular flexibility index (Phi) is 8.06. The molecule has 2 aromatic rings. The van der Waals surface area contributed by atoms with Gasteiger partial charge in [-0.25, -0.2) is 9.11 Å². The monoisotopic (exact) mass is 559 g/mol. The Morgan fingerprint density at radius 2 is 1.77 bits per heavy atom. The molecule has 0 radical (unpaired) electrons. The third-order valence-corrected chi connectivity index (χ3v) is 6.81. The first-order valence-electron chi connectivity index (χ1n) is 9.81. The van der Waals surface area contributed by atoms with Crippen molar-refractivity contribution in [2.45, 2.75) is 19.0 Å². The van der Waals surface area contributed by atoms with E-state index in [0.717, 1.165) is 22.5 Å². The van der Waals surface area contributed by atoms with Crippen molar-refractivity contribution >= 4 is 39.3 Å². The summed E-state index contributed by atoms with van der Waals surface area (Å²) in [5, 5.41) is -0.276. The summed E-state index contributed by atoms with van der Waals surface area (Å²) in [5.74, 6) is -2.74. The summed E-state index contributed by atoms with van der Waals surface area (Å²) in [5.41, 5.74) is 0.0768. The van der Waals surface area contributed by atoms with Crippen LogP contribution >= 0.6 is 23.2 Å². The number of nitrogens with one attached hydrogen (secondary N) is 1. The SMILES string of the molecule is CN(C)S(=O)(=O)NC(=O)c1cc(Cl)c(OC2CN(Cc3ccc(OC(F)(F)F)c(Cl)c3)C2)cc1F. The third kappa shape index (κ3) is 7.10. The molecule has 0 saturated carbocycles. The number of alkyl halides is 3. The van der Waals surface area contributed by atoms with Gasteiger partial charge in [-0.3, -0.25) is 9.69 Å². The van der Waals surface area contributed by atoms with Crippen LogP contribution in [0.15, 0.2) is 30.3 Å². The number of hydrogen-bond acceptors (Lipinski definition) is 6. The maximum absolute atomic E-state index is 14.5. The van der Waals surface area contributed by atoms with Crippen molar-refractivity contribution in [3.63, 3.8) is 0 Å². The first-order chi connectivity index (χ1) is 16.1. The molecule has 35 heavy (non-hydrogen) atoms. The summed E-state index contributed by atoms with van der Waals surface area (Å²) in [6, 6.07) is 5.80. The van der Waals surface area contributed by atoms with Gasteiger partial charge in [-0.1, -0.05) is 29.3 Å². The maximum atomic E-state index is 14.5. The molecular formula is C20H19Cl2F4N3O5S. The molecule has 0 bridgehead atoms. The topological polar surface area (TPSA) is 88.2 Å². The van der Waals surface area contributed by atoms with Gasteiger partial charge in [-0.2, -0.15) is 12.7 Å². The van der Waals surface area contributed by atoms with Crippen LogP contribution in [-0.2, 0) is 16.8 Å². The first-order valence-corrected chi connectivity index (χ1v) is 12.0. The van der Waals surface area contributed by atoms with Gasteiger partial charge in [-0.05, 0) is 23.8 Å². The van der Waals surface area contributed by atoms with Gasteiger partial charge in [0.2, 0.25) is 0 Å². The maximum Gasteiger partial charge on any atom is 0.573 e. The molecule has 0 atom stereocenters. The molecule has 1 fully saturated rings. The largest absolute Gasteiger partial charge is 0.573 e. The summed E-state index contributed by atoms with van der Waals surface area (Å²) in [4.78, 5) is 14.0. The molecule has 3 rings (SSSR count). The van der Waals surface area contributed by atoms with E-state index in [4.69, 9.17) is 27.9 Å². The molecule has 1 aliphatic heterocycles. The van der Waals surface area contributed by atoms with Crippen LogP contribution < -0.4 is 14.2 Å². The van der Waals surface area contributed by atoms with E-state index in [0.29, 0.717) is 25.2 Å². The summed E-state index contributed by atoms with van der Waals surface area (Å²) in [7, 11) is -1.73. The molecule has 1 amide bonds. The highest BCUT2D eigenvalue weighted by Gasteiger charge is 2.33. The number of amides is 1. The van der Waals surface area contributed by atoms with Crippen LogP contribution in [0.4, 0.5) is 17.6 Å². The minimum Gasteiger partial charge on any atom is -0.486 e. The van der Waals surface area contributed by atoms with Crippen LogP contribution in [0.5, 0.6) is 11.5 Å². The third-order valence-electron chi connectivity index (χ3n) is 4.81. The highest BCUT2D eigenvalue weighted by molar-refractivity contribution is 7.87. The predicted octanol–water partition coefficient (Wildman–Crippen LogP) is 3.83. The number of benzene rings is 2. The van der Waals surface area contributed by atoms with E-state index in [-0.39, 0.29) is 21.9 Å². The van der Waals surface area contributed by atoms with Crippen molar-refractivity contribution < 1.29 is 40.2 Å². The van der Waals surface area contributed by atoms with Gasteiger partial charge >= 0.3 is 16.6 Å². The predicted molar refractivity (Wildman–Crippen MR) is 119 cm³/mol. The number of likely N-dealkylation sites (tertiary alicyclic amines) is 1. The second-order valence-corrected chi connectivity index (χ2v) is 10.4. The van der Waals surface area contributed by atoms with Crippen molar-refractivity contribution in [3.05, 3.63) is 57.3 Å². The molecule has 1 saturated heterocycles. The summed E-state index contributed by atoms with van der Waals surface area (Å²) < 4.78 is 87.0. The molecule has 1 heterocycles. The van der Waals surface area contributed by atoms with Gasteiger partial charge in [0, 0.05) is 39.8 Å². The fraction of sp³-hybridized carbons (Fsp3) is 0.350. The normalized spacial score (nSPS) is 15.1. The lowest BCUT2D eigenvalue weighted by Crippen LogP contribution is -2.53. The first kappa shape index (κ1) is 27.3. The molecule has 0 spiro atoms. The number of hydrogen-bond donors (Lipinski definition) is 1. The smallest absolute Gasteiger partial charge is 0.486 e. The molecule has 192 valence electrons. The Morgan fingerprint density at radius 3 is 2.34 bits per heavy atom. The van der Waals surface area contributed by atoms with Crippen molar-refractivity contribution in [2.75, 3.05) is 27.2 Å². The van der Waals surface area contributed by atoms with Gasteiger partial charge in [0.05, 0.1) is 15.6 Å². The summed E-state index contributed by atoms with van der Waals surface area (Å²) in [6.45, 7) is 1.17. The number of carbonyl (C=O) groups is 1. The van der Waals surface area contributed by atoms with E-state index in [1.807, 2.05) is 4.90 Å². The Morgan fingerprint density at radius 1 is 1.14 bits per heavy atom.